The van der Waals surface area contributed by atoms with E-state index >= 15 is 0 Å². The maximum atomic E-state index is 12.9. The summed E-state index contributed by atoms with van der Waals surface area (Å²) >= 11 is 0. The Hall–Kier alpha value is -3.08. The summed E-state index contributed by atoms with van der Waals surface area (Å²) in [5.74, 6) is 2.42. The zero-order valence-corrected chi connectivity index (χ0v) is 16.4. The minimum absolute atomic E-state index is 0.159. The molecule has 1 fully saturated rings. The number of hydrogen-bond donors (Lipinski definition) is 1. The van der Waals surface area contributed by atoms with E-state index in [1.165, 1.54) is 18.4 Å². The van der Waals surface area contributed by atoms with Crippen molar-refractivity contribution in [1.29, 1.82) is 0 Å². The number of carbonyl (C=O) groups is 1. The molecule has 0 unspecified atom stereocenters. The fourth-order valence-corrected chi connectivity index (χ4v) is 3.92. The molecule has 1 N–H and O–H groups in total. The number of anilines is 2. The molecule has 1 aliphatic heterocycles. The summed E-state index contributed by atoms with van der Waals surface area (Å²) in [7, 11) is 0. The lowest BCUT2D eigenvalue weighted by molar-refractivity contribution is -0.118. The number of benzene rings is 2. The molecule has 0 bridgehead atoms. The molecule has 2 heterocycles. The highest BCUT2D eigenvalue weighted by Gasteiger charge is 2.28. The first-order valence-corrected chi connectivity index (χ1v) is 10.4. The van der Waals surface area contributed by atoms with Crippen molar-refractivity contribution >= 4 is 17.3 Å². The highest BCUT2D eigenvalue weighted by molar-refractivity contribution is 5.95. The van der Waals surface area contributed by atoms with Crippen molar-refractivity contribution in [3.63, 3.8) is 0 Å². The molecule has 0 radical (unpaired) electrons. The van der Waals surface area contributed by atoms with Crippen molar-refractivity contribution in [2.75, 3.05) is 16.8 Å². The predicted octanol–water partition coefficient (Wildman–Crippen LogP) is 4.69. The van der Waals surface area contributed by atoms with Crippen LogP contribution in [0.4, 0.5) is 11.4 Å². The molecule has 0 spiro atoms. The molecule has 5 nitrogen and oxygen atoms in total. The highest BCUT2D eigenvalue weighted by Crippen LogP contribution is 2.39. The number of rotatable bonds is 6. The van der Waals surface area contributed by atoms with Crippen molar-refractivity contribution in [2.24, 2.45) is 0 Å². The maximum absolute atomic E-state index is 12.9. The number of amides is 1. The Morgan fingerprint density at radius 3 is 2.79 bits per heavy atom. The number of para-hydroxylation sites is 1. The van der Waals surface area contributed by atoms with E-state index in [0.29, 0.717) is 18.9 Å². The van der Waals surface area contributed by atoms with Crippen molar-refractivity contribution < 1.29 is 9.21 Å². The summed E-state index contributed by atoms with van der Waals surface area (Å²) in [5, 5.41) is 3.36. The molecule has 5 heteroatoms. The van der Waals surface area contributed by atoms with Crippen LogP contribution in [-0.2, 0) is 24.2 Å². The monoisotopic (exact) mass is 387 g/mol. The first-order chi connectivity index (χ1) is 14.3. The van der Waals surface area contributed by atoms with E-state index in [4.69, 9.17) is 4.42 Å². The van der Waals surface area contributed by atoms with E-state index in [2.05, 4.69) is 22.4 Å². The van der Waals surface area contributed by atoms with Gasteiger partial charge in [0.25, 0.3) is 0 Å². The standard InChI is InChI=1S/C24H25N3O2/c28-23(27-13-3-5-18-4-1-2-6-22(18)27)14-17-7-11-20(12-8-17)25-15-21-16-26-24(29-21)19-9-10-19/h1-2,4,6-8,11-12,16,19,25H,3,5,9-10,13-15H2. The second-order valence-corrected chi connectivity index (χ2v) is 7.94. The lowest BCUT2D eigenvalue weighted by atomic mass is 10.0. The fraction of sp³-hybridized carbons (Fsp3) is 0.333. The van der Waals surface area contributed by atoms with E-state index in [1.54, 1.807) is 0 Å². The van der Waals surface area contributed by atoms with Crippen LogP contribution < -0.4 is 10.2 Å². The Kier molecular flexibility index (Phi) is 4.80. The van der Waals surface area contributed by atoms with Crippen LogP contribution in [0.3, 0.4) is 0 Å². The van der Waals surface area contributed by atoms with Crippen LogP contribution in [0.25, 0.3) is 0 Å². The van der Waals surface area contributed by atoms with Crippen molar-refractivity contribution in [1.82, 2.24) is 4.98 Å². The summed E-state index contributed by atoms with van der Waals surface area (Å²) in [6.07, 6.45) is 6.68. The van der Waals surface area contributed by atoms with Gasteiger partial charge >= 0.3 is 0 Å². The minimum Gasteiger partial charge on any atom is -0.444 e. The molecule has 2 aromatic carbocycles. The molecule has 1 aromatic heterocycles. The summed E-state index contributed by atoms with van der Waals surface area (Å²) in [6.45, 7) is 1.41. The van der Waals surface area contributed by atoms with Crippen molar-refractivity contribution in [2.45, 2.75) is 44.6 Å². The zero-order chi connectivity index (χ0) is 19.6. The summed E-state index contributed by atoms with van der Waals surface area (Å²) in [4.78, 5) is 19.2. The highest BCUT2D eigenvalue weighted by atomic mass is 16.4. The van der Waals surface area contributed by atoms with Crippen LogP contribution in [0.5, 0.6) is 0 Å². The molecule has 1 saturated carbocycles. The van der Waals surface area contributed by atoms with Gasteiger partial charge < -0.3 is 14.6 Å². The molecule has 29 heavy (non-hydrogen) atoms. The van der Waals surface area contributed by atoms with Gasteiger partial charge in [-0.25, -0.2) is 4.98 Å². The molecule has 148 valence electrons. The van der Waals surface area contributed by atoms with Gasteiger partial charge in [0.05, 0.1) is 19.2 Å². The molecule has 0 atom stereocenters. The lowest BCUT2D eigenvalue weighted by Crippen LogP contribution is -2.36. The van der Waals surface area contributed by atoms with Crippen molar-refractivity contribution in [3.05, 3.63) is 77.5 Å². The third-order valence-corrected chi connectivity index (χ3v) is 5.69. The first kappa shape index (κ1) is 18.0. The first-order valence-electron chi connectivity index (χ1n) is 10.4. The third kappa shape index (κ3) is 4.04. The molecule has 2 aliphatic rings. The molecule has 0 saturated heterocycles. The topological polar surface area (TPSA) is 58.4 Å². The number of nitrogens with one attached hydrogen (secondary N) is 1. The molecule has 5 rings (SSSR count). The fourth-order valence-electron chi connectivity index (χ4n) is 3.92. The number of aryl methyl sites for hydroxylation is 1. The van der Waals surface area contributed by atoms with Crippen LogP contribution in [0.2, 0.25) is 0 Å². The second-order valence-electron chi connectivity index (χ2n) is 7.94. The minimum atomic E-state index is 0.159. The van der Waals surface area contributed by atoms with Gasteiger partial charge in [-0.1, -0.05) is 30.3 Å². The van der Waals surface area contributed by atoms with Gasteiger partial charge in [-0.05, 0) is 55.0 Å². The second kappa shape index (κ2) is 7.74. The average Bonchev–Trinajstić information content (AvgIpc) is 3.51. The van der Waals surface area contributed by atoms with Crippen LogP contribution in [0, 0.1) is 0 Å². The molecular formula is C24H25N3O2. The van der Waals surface area contributed by atoms with E-state index in [1.807, 2.05) is 47.5 Å². The molecular weight excluding hydrogens is 362 g/mol. The Labute approximate surface area is 170 Å². The number of aromatic nitrogens is 1. The smallest absolute Gasteiger partial charge is 0.231 e. The summed E-state index contributed by atoms with van der Waals surface area (Å²) in [6, 6.07) is 16.3. The molecule has 1 aliphatic carbocycles. The number of nitrogens with zero attached hydrogens (tertiary/aromatic N) is 2. The number of oxazole rings is 1. The maximum Gasteiger partial charge on any atom is 0.231 e. The van der Waals surface area contributed by atoms with E-state index in [-0.39, 0.29) is 5.91 Å². The largest absolute Gasteiger partial charge is 0.444 e. The molecule has 1 amide bonds. The van der Waals surface area contributed by atoms with Gasteiger partial charge in [0.1, 0.15) is 5.76 Å². The van der Waals surface area contributed by atoms with Gasteiger partial charge in [-0.3, -0.25) is 4.79 Å². The van der Waals surface area contributed by atoms with Gasteiger partial charge in [0.2, 0.25) is 5.91 Å². The number of fused-ring (bicyclic) bond motifs is 1. The number of carbonyl (C=O) groups excluding carboxylic acids is 1. The summed E-state index contributed by atoms with van der Waals surface area (Å²) in [5.41, 5.74) is 4.37. The lowest BCUT2D eigenvalue weighted by Gasteiger charge is -2.29. The van der Waals surface area contributed by atoms with E-state index in [0.717, 1.165) is 48.0 Å². The Morgan fingerprint density at radius 2 is 1.97 bits per heavy atom. The SMILES string of the molecule is O=C(Cc1ccc(NCc2cnc(C3CC3)o2)cc1)N1CCCc2ccccc21. The molecule has 3 aromatic rings. The van der Waals surface area contributed by atoms with Crippen LogP contribution >= 0.6 is 0 Å². The quantitative estimate of drug-likeness (QED) is 0.667. The Morgan fingerprint density at radius 1 is 1.14 bits per heavy atom. The normalized spacial score (nSPS) is 15.8. The average molecular weight is 387 g/mol. The van der Waals surface area contributed by atoms with E-state index in [9.17, 15) is 4.79 Å². The van der Waals surface area contributed by atoms with Gasteiger partial charge in [-0.2, -0.15) is 0 Å². The van der Waals surface area contributed by atoms with Crippen molar-refractivity contribution in [3.8, 4) is 0 Å². The predicted molar refractivity (Wildman–Crippen MR) is 113 cm³/mol. The Bertz CT molecular complexity index is 1000. The van der Waals surface area contributed by atoms with Crippen LogP contribution in [0.15, 0.2) is 59.1 Å². The Balaban J connectivity index is 1.19. The van der Waals surface area contributed by atoms with E-state index < -0.39 is 0 Å². The number of hydrogen-bond acceptors (Lipinski definition) is 4. The van der Waals surface area contributed by atoms with Crippen LogP contribution in [-0.4, -0.2) is 17.4 Å². The zero-order valence-electron chi connectivity index (χ0n) is 16.4. The van der Waals surface area contributed by atoms with Crippen LogP contribution in [0.1, 0.15) is 48.0 Å². The van der Waals surface area contributed by atoms with Gasteiger partial charge in [0.15, 0.2) is 5.89 Å². The van der Waals surface area contributed by atoms with Gasteiger partial charge in [-0.15, -0.1) is 0 Å². The van der Waals surface area contributed by atoms with Gasteiger partial charge in [0, 0.05) is 23.8 Å². The third-order valence-electron chi connectivity index (χ3n) is 5.69. The summed E-state index contributed by atoms with van der Waals surface area (Å²) < 4.78 is 5.78.